The highest BCUT2D eigenvalue weighted by atomic mass is 14.6. The van der Waals surface area contributed by atoms with Crippen molar-refractivity contribution in [2.24, 2.45) is 46.3 Å². The number of rotatable bonds is 14. The second-order valence-corrected chi connectivity index (χ2v) is 13.6. The molecule has 0 aromatic rings. The Bertz CT molecular complexity index is 597. The molecule has 0 radical (unpaired) electrons. The molecule has 0 aliphatic heterocycles. The van der Waals surface area contributed by atoms with Crippen molar-refractivity contribution in [2.75, 3.05) is 0 Å². The molecule has 0 nitrogen and oxygen atoms in total. The lowest BCUT2D eigenvalue weighted by molar-refractivity contribution is -0.0776. The summed E-state index contributed by atoms with van der Waals surface area (Å²) in [5, 5.41) is 0. The van der Waals surface area contributed by atoms with Crippen LogP contribution in [0, 0.1) is 46.3 Å². The van der Waals surface area contributed by atoms with Crippen molar-refractivity contribution in [2.45, 2.75) is 172 Å². The predicted molar refractivity (Wildman–Crippen MR) is 166 cm³/mol. The minimum atomic E-state index is 0.554. The molecule has 0 amide bonds. The van der Waals surface area contributed by atoms with Gasteiger partial charge in [0.2, 0.25) is 0 Å². The van der Waals surface area contributed by atoms with E-state index in [1.54, 1.807) is 5.57 Å². The van der Waals surface area contributed by atoms with Crippen LogP contribution in [-0.4, -0.2) is 0 Å². The van der Waals surface area contributed by atoms with E-state index in [0.29, 0.717) is 10.8 Å². The summed E-state index contributed by atoms with van der Waals surface area (Å²) in [6, 6.07) is 0. The molecular formula is C36H70. The summed E-state index contributed by atoms with van der Waals surface area (Å²) in [6.45, 7) is 26.3. The van der Waals surface area contributed by atoms with Crippen LogP contribution in [0.3, 0.4) is 0 Å². The second-order valence-electron chi connectivity index (χ2n) is 13.6. The van der Waals surface area contributed by atoms with Crippen molar-refractivity contribution in [1.82, 2.24) is 0 Å². The van der Waals surface area contributed by atoms with Crippen molar-refractivity contribution in [3.05, 3.63) is 11.6 Å². The summed E-state index contributed by atoms with van der Waals surface area (Å²) < 4.78 is 0. The fourth-order valence-electron chi connectivity index (χ4n) is 8.57. The van der Waals surface area contributed by atoms with Crippen molar-refractivity contribution in [3.63, 3.8) is 0 Å². The van der Waals surface area contributed by atoms with Crippen molar-refractivity contribution >= 4 is 0 Å². The first-order chi connectivity index (χ1) is 17.2. The maximum absolute atomic E-state index is 2.69. The van der Waals surface area contributed by atoms with Crippen LogP contribution in [0.4, 0.5) is 0 Å². The van der Waals surface area contributed by atoms with Crippen LogP contribution in [0.25, 0.3) is 0 Å². The number of allylic oxidation sites excluding steroid dienone is 2. The molecule has 0 N–H and O–H groups in total. The Morgan fingerprint density at radius 2 is 1.53 bits per heavy atom. The second kappa shape index (κ2) is 16.6. The largest absolute Gasteiger partial charge is 0.0853 e. The summed E-state index contributed by atoms with van der Waals surface area (Å²) in [6.07, 6.45) is 23.9. The van der Waals surface area contributed by atoms with E-state index < -0.39 is 0 Å². The molecule has 2 aliphatic rings. The molecule has 0 heterocycles. The van der Waals surface area contributed by atoms with Crippen LogP contribution < -0.4 is 0 Å². The first-order valence-corrected chi connectivity index (χ1v) is 16.8. The van der Waals surface area contributed by atoms with Gasteiger partial charge >= 0.3 is 0 Å². The first kappa shape index (κ1) is 33.8. The number of hydrogen-bond acceptors (Lipinski definition) is 0. The van der Waals surface area contributed by atoms with E-state index in [9.17, 15) is 0 Å². The molecular weight excluding hydrogens is 432 g/mol. The zero-order chi connectivity index (χ0) is 27.4. The average molecular weight is 503 g/mol. The SMILES string of the molecule is CC.CCC(C)CCC1(C)CCCC2C(CC)C(C)(CC/C=C(/C)C(CC)CC(CC)CC)CCC21. The van der Waals surface area contributed by atoms with Crippen LogP contribution in [0.15, 0.2) is 11.6 Å². The first-order valence-electron chi connectivity index (χ1n) is 16.8. The maximum Gasteiger partial charge on any atom is -0.0206 e. The topological polar surface area (TPSA) is 0 Å². The Balaban J connectivity index is 0.00000316. The highest BCUT2D eigenvalue weighted by Crippen LogP contribution is 2.61. The monoisotopic (exact) mass is 503 g/mol. The van der Waals surface area contributed by atoms with Gasteiger partial charge in [0.05, 0.1) is 0 Å². The van der Waals surface area contributed by atoms with Crippen LogP contribution >= 0.6 is 0 Å². The number of hydrogen-bond donors (Lipinski definition) is 0. The third kappa shape index (κ3) is 8.90. The van der Waals surface area contributed by atoms with E-state index in [2.05, 4.69) is 68.4 Å². The molecule has 0 heteroatoms. The van der Waals surface area contributed by atoms with E-state index >= 15 is 0 Å². The van der Waals surface area contributed by atoms with E-state index in [4.69, 9.17) is 0 Å². The van der Waals surface area contributed by atoms with Gasteiger partial charge in [0, 0.05) is 0 Å². The molecule has 36 heavy (non-hydrogen) atoms. The van der Waals surface area contributed by atoms with Gasteiger partial charge in [0.15, 0.2) is 0 Å². The Morgan fingerprint density at radius 3 is 2.08 bits per heavy atom. The Kier molecular flexibility index (Phi) is 15.6. The maximum atomic E-state index is 2.69. The van der Waals surface area contributed by atoms with Gasteiger partial charge in [0.1, 0.15) is 0 Å². The van der Waals surface area contributed by atoms with Crippen LogP contribution in [-0.2, 0) is 0 Å². The van der Waals surface area contributed by atoms with E-state index in [-0.39, 0.29) is 0 Å². The van der Waals surface area contributed by atoms with Crippen LogP contribution in [0.5, 0.6) is 0 Å². The lowest BCUT2D eigenvalue weighted by Gasteiger charge is -2.57. The molecule has 2 fully saturated rings. The molecule has 0 saturated heterocycles. The molecule has 0 aromatic carbocycles. The van der Waals surface area contributed by atoms with Gasteiger partial charge in [0.25, 0.3) is 0 Å². The molecule has 2 aliphatic carbocycles. The van der Waals surface area contributed by atoms with Crippen LogP contribution in [0.1, 0.15) is 172 Å². The third-order valence-corrected chi connectivity index (χ3v) is 11.6. The Morgan fingerprint density at radius 1 is 0.861 bits per heavy atom. The molecule has 0 aromatic heterocycles. The zero-order valence-corrected chi connectivity index (χ0v) is 27.1. The molecule has 2 saturated carbocycles. The average Bonchev–Trinajstić information content (AvgIpc) is 2.89. The third-order valence-electron chi connectivity index (χ3n) is 11.6. The fraction of sp³-hybridized carbons (Fsp3) is 0.944. The summed E-state index contributed by atoms with van der Waals surface area (Å²) in [4.78, 5) is 0. The zero-order valence-electron chi connectivity index (χ0n) is 27.1. The number of fused-ring (bicyclic) bond motifs is 1. The molecule has 2 rings (SSSR count). The van der Waals surface area contributed by atoms with Gasteiger partial charge in [-0.2, -0.15) is 0 Å². The highest BCUT2D eigenvalue weighted by molar-refractivity contribution is 5.06. The Labute approximate surface area is 230 Å². The van der Waals surface area contributed by atoms with Crippen molar-refractivity contribution in [1.29, 1.82) is 0 Å². The van der Waals surface area contributed by atoms with Crippen molar-refractivity contribution in [3.8, 4) is 0 Å². The lowest BCUT2D eigenvalue weighted by atomic mass is 9.47. The summed E-state index contributed by atoms with van der Waals surface area (Å²) in [5.74, 6) is 5.54. The Hall–Kier alpha value is -0.260. The molecule has 0 spiro atoms. The smallest absolute Gasteiger partial charge is 0.0206 e. The van der Waals surface area contributed by atoms with E-state index in [1.165, 1.54) is 96.3 Å². The van der Waals surface area contributed by atoms with E-state index in [0.717, 1.165) is 35.5 Å². The normalized spacial score (nSPS) is 32.4. The minimum absolute atomic E-state index is 0.554. The predicted octanol–water partition coefficient (Wildman–Crippen LogP) is 12.7. The minimum Gasteiger partial charge on any atom is -0.0853 e. The molecule has 0 bridgehead atoms. The van der Waals surface area contributed by atoms with Crippen molar-refractivity contribution < 1.29 is 0 Å². The fourth-order valence-corrected chi connectivity index (χ4v) is 8.57. The molecule has 7 unspecified atom stereocenters. The molecule has 214 valence electrons. The van der Waals surface area contributed by atoms with Gasteiger partial charge in [-0.1, -0.05) is 119 Å². The quantitative estimate of drug-likeness (QED) is 0.207. The van der Waals surface area contributed by atoms with Gasteiger partial charge in [-0.25, -0.2) is 0 Å². The molecule has 7 atom stereocenters. The van der Waals surface area contributed by atoms with E-state index in [1.807, 2.05) is 13.8 Å². The van der Waals surface area contributed by atoms with Gasteiger partial charge in [-0.05, 0) is 111 Å². The standard InChI is InChI=1S/C34H64.C2H6/c1-10-26(6)19-23-34(9)22-16-18-30-31(14-5)33(8,24-20-32(30)34)21-15-17-27(7)29(13-4)25-28(11-2)12-3;1-2/h17,26,28-32H,10-16,18-25H2,1-9H3;1-2H3/b27-17-;. The van der Waals surface area contributed by atoms with Gasteiger partial charge in [-0.15, -0.1) is 0 Å². The van der Waals surface area contributed by atoms with Gasteiger partial charge in [-0.3, -0.25) is 0 Å². The lowest BCUT2D eigenvalue weighted by Crippen LogP contribution is -2.49. The van der Waals surface area contributed by atoms with Crippen LogP contribution in [0.2, 0.25) is 0 Å². The highest BCUT2D eigenvalue weighted by Gasteiger charge is 2.51. The van der Waals surface area contributed by atoms with Gasteiger partial charge < -0.3 is 0 Å². The summed E-state index contributed by atoms with van der Waals surface area (Å²) in [5.41, 5.74) is 2.86. The summed E-state index contributed by atoms with van der Waals surface area (Å²) in [7, 11) is 0. The summed E-state index contributed by atoms with van der Waals surface area (Å²) >= 11 is 0.